The van der Waals surface area contributed by atoms with Crippen LogP contribution in [0.3, 0.4) is 0 Å². The summed E-state index contributed by atoms with van der Waals surface area (Å²) in [5.74, 6) is -0.0000463. The summed E-state index contributed by atoms with van der Waals surface area (Å²) in [6.07, 6.45) is 1.01. The smallest absolute Gasteiger partial charge is 0.0590 e. The summed E-state index contributed by atoms with van der Waals surface area (Å²) in [6.45, 7) is 5.60. The Hall–Kier alpha value is -0.0800. The van der Waals surface area contributed by atoms with Gasteiger partial charge in [-0.2, -0.15) is 0 Å². The van der Waals surface area contributed by atoms with Gasteiger partial charge < -0.3 is 10.2 Å². The highest BCUT2D eigenvalue weighted by Crippen LogP contribution is 2.12. The molecule has 62 valence electrons. The molecule has 0 rings (SSSR count). The van der Waals surface area contributed by atoms with Crippen molar-refractivity contribution in [1.29, 1.82) is 0 Å². The van der Waals surface area contributed by atoms with Crippen LogP contribution in [-0.2, 0) is 0 Å². The topological polar surface area (TPSA) is 40.5 Å². The van der Waals surface area contributed by atoms with Gasteiger partial charge in [0.2, 0.25) is 0 Å². The summed E-state index contributed by atoms with van der Waals surface area (Å²) in [6, 6.07) is 0. The van der Waals surface area contributed by atoms with Gasteiger partial charge in [-0.25, -0.2) is 0 Å². The van der Waals surface area contributed by atoms with Crippen LogP contribution in [0.1, 0.15) is 33.6 Å². The Labute approximate surface area is 62.9 Å². The van der Waals surface area contributed by atoms with Crippen molar-refractivity contribution in [2.24, 2.45) is 5.92 Å². The lowest BCUT2D eigenvalue weighted by Gasteiger charge is -2.20. The maximum atomic E-state index is 9.33. The van der Waals surface area contributed by atoms with Crippen LogP contribution in [0.25, 0.3) is 0 Å². The predicted octanol–water partition coefficient (Wildman–Crippen LogP) is 1.16. The molecule has 0 aromatic heterocycles. The highest BCUT2D eigenvalue weighted by Gasteiger charge is 2.17. The van der Waals surface area contributed by atoms with Gasteiger partial charge in [-0.05, 0) is 13.3 Å². The molecule has 0 aromatic carbocycles. The summed E-state index contributed by atoms with van der Waals surface area (Å²) in [5.41, 5.74) is 0. The Morgan fingerprint density at radius 1 is 1.20 bits per heavy atom. The van der Waals surface area contributed by atoms with E-state index in [0.29, 0.717) is 0 Å². The van der Waals surface area contributed by atoms with Crippen LogP contribution in [0, 0.1) is 5.92 Å². The fourth-order valence-corrected chi connectivity index (χ4v) is 0.880. The fourth-order valence-electron chi connectivity index (χ4n) is 0.880. The molecule has 0 bridgehead atoms. The Balaban J connectivity index is 3.58. The number of aliphatic hydroxyl groups is 2. The molecule has 3 atom stereocenters. The van der Waals surface area contributed by atoms with Gasteiger partial charge >= 0.3 is 0 Å². The van der Waals surface area contributed by atoms with Crippen molar-refractivity contribution >= 4 is 0 Å². The van der Waals surface area contributed by atoms with E-state index in [2.05, 4.69) is 0 Å². The summed E-state index contributed by atoms with van der Waals surface area (Å²) in [4.78, 5) is 0. The van der Waals surface area contributed by atoms with Crippen molar-refractivity contribution in [3.8, 4) is 0 Å². The summed E-state index contributed by atoms with van der Waals surface area (Å²) in [5, 5.41) is 18.4. The van der Waals surface area contributed by atoms with E-state index in [-0.39, 0.29) is 12.0 Å². The summed E-state index contributed by atoms with van der Waals surface area (Å²) < 4.78 is 0. The Morgan fingerprint density at radius 2 is 1.70 bits per heavy atom. The molecule has 2 N–H and O–H groups in total. The average molecular weight is 146 g/mol. The third-order valence-electron chi connectivity index (χ3n) is 1.95. The van der Waals surface area contributed by atoms with Crippen molar-refractivity contribution in [2.75, 3.05) is 0 Å². The van der Waals surface area contributed by atoms with E-state index < -0.39 is 6.10 Å². The number of aliphatic hydroxyl groups excluding tert-OH is 2. The Morgan fingerprint density at radius 3 is 2.00 bits per heavy atom. The number of hydrogen-bond donors (Lipinski definition) is 2. The largest absolute Gasteiger partial charge is 0.393 e. The van der Waals surface area contributed by atoms with Crippen molar-refractivity contribution < 1.29 is 10.2 Å². The molecule has 0 fully saturated rings. The first kappa shape index (κ1) is 9.92. The molecule has 0 saturated heterocycles. The van der Waals surface area contributed by atoms with E-state index in [1.54, 1.807) is 6.92 Å². The van der Waals surface area contributed by atoms with Gasteiger partial charge in [-0.1, -0.05) is 20.3 Å². The van der Waals surface area contributed by atoms with Crippen LogP contribution in [0.15, 0.2) is 0 Å². The van der Waals surface area contributed by atoms with E-state index in [1.807, 2.05) is 13.8 Å². The van der Waals surface area contributed by atoms with Crippen LogP contribution in [-0.4, -0.2) is 22.4 Å². The highest BCUT2D eigenvalue weighted by molar-refractivity contribution is 4.67. The monoisotopic (exact) mass is 146 g/mol. The van der Waals surface area contributed by atoms with Crippen LogP contribution in [0.2, 0.25) is 0 Å². The van der Waals surface area contributed by atoms with Gasteiger partial charge in [-0.3, -0.25) is 0 Å². The zero-order chi connectivity index (χ0) is 8.15. The molecular weight excluding hydrogens is 128 g/mol. The van der Waals surface area contributed by atoms with Crippen molar-refractivity contribution in [2.45, 2.75) is 45.8 Å². The van der Waals surface area contributed by atoms with Gasteiger partial charge in [-0.15, -0.1) is 0 Å². The second-order valence-corrected chi connectivity index (χ2v) is 2.96. The molecule has 0 saturated carbocycles. The molecule has 0 amide bonds. The zero-order valence-corrected chi connectivity index (χ0v) is 7.04. The van der Waals surface area contributed by atoms with E-state index >= 15 is 0 Å². The second kappa shape index (κ2) is 4.69. The van der Waals surface area contributed by atoms with Crippen molar-refractivity contribution in [3.63, 3.8) is 0 Å². The minimum atomic E-state index is -0.401. The van der Waals surface area contributed by atoms with Gasteiger partial charge in [0.15, 0.2) is 0 Å². The van der Waals surface area contributed by atoms with Crippen LogP contribution < -0.4 is 0 Å². The maximum absolute atomic E-state index is 9.33. The fraction of sp³-hybridized carbons (Fsp3) is 1.00. The Bertz CT molecular complexity index is 81.3. The molecule has 0 radical (unpaired) electrons. The summed E-state index contributed by atoms with van der Waals surface area (Å²) >= 11 is 0. The second-order valence-electron chi connectivity index (χ2n) is 2.96. The molecule has 0 aliphatic rings. The van der Waals surface area contributed by atoms with Gasteiger partial charge in [0.25, 0.3) is 0 Å². The third-order valence-corrected chi connectivity index (χ3v) is 1.95. The lowest BCUT2D eigenvalue weighted by atomic mass is 9.96. The summed E-state index contributed by atoms with van der Waals surface area (Å²) in [7, 11) is 0. The number of hydrogen-bond acceptors (Lipinski definition) is 2. The lowest BCUT2D eigenvalue weighted by molar-refractivity contribution is 0.0268. The molecule has 10 heavy (non-hydrogen) atoms. The third kappa shape index (κ3) is 3.18. The molecule has 0 aliphatic carbocycles. The first-order valence-electron chi connectivity index (χ1n) is 3.95. The van der Waals surface area contributed by atoms with E-state index in [9.17, 15) is 5.11 Å². The van der Waals surface area contributed by atoms with Crippen LogP contribution in [0.4, 0.5) is 0 Å². The molecular formula is C8H18O2. The molecule has 0 aliphatic heterocycles. The molecule has 0 spiro atoms. The predicted molar refractivity (Wildman–Crippen MR) is 41.8 cm³/mol. The van der Waals surface area contributed by atoms with E-state index in [4.69, 9.17) is 5.11 Å². The van der Waals surface area contributed by atoms with Crippen LogP contribution >= 0.6 is 0 Å². The maximum Gasteiger partial charge on any atom is 0.0590 e. The average Bonchev–Trinajstić information content (AvgIpc) is 1.87. The van der Waals surface area contributed by atoms with Gasteiger partial charge in [0.1, 0.15) is 0 Å². The zero-order valence-electron chi connectivity index (χ0n) is 7.04. The van der Waals surface area contributed by atoms with Gasteiger partial charge in [0, 0.05) is 5.92 Å². The number of rotatable bonds is 4. The van der Waals surface area contributed by atoms with Gasteiger partial charge in [0.05, 0.1) is 12.2 Å². The lowest BCUT2D eigenvalue weighted by Crippen LogP contribution is -2.26. The SMILES string of the molecule is CCC[C@H](O)[C@H](C)[C@@H](C)O. The quantitative estimate of drug-likeness (QED) is 0.625. The molecule has 2 heteroatoms. The first-order valence-corrected chi connectivity index (χ1v) is 3.95. The molecule has 0 aromatic rings. The van der Waals surface area contributed by atoms with E-state index in [0.717, 1.165) is 12.8 Å². The Kier molecular flexibility index (Phi) is 4.65. The first-order chi connectivity index (χ1) is 4.59. The van der Waals surface area contributed by atoms with Crippen molar-refractivity contribution in [1.82, 2.24) is 0 Å². The minimum Gasteiger partial charge on any atom is -0.393 e. The standard InChI is InChI=1S/C8H18O2/c1-4-5-8(10)6(2)7(3)9/h6-10H,4-5H2,1-3H3/t6-,7-,8+/m1/s1. The van der Waals surface area contributed by atoms with Crippen LogP contribution in [0.5, 0.6) is 0 Å². The van der Waals surface area contributed by atoms with Crippen molar-refractivity contribution in [3.05, 3.63) is 0 Å². The molecule has 2 nitrogen and oxygen atoms in total. The normalized spacial score (nSPS) is 20.1. The van der Waals surface area contributed by atoms with E-state index in [1.165, 1.54) is 0 Å². The highest BCUT2D eigenvalue weighted by atomic mass is 16.3. The molecule has 0 heterocycles. The minimum absolute atomic E-state index is 0.0000463. The molecule has 0 unspecified atom stereocenters.